The van der Waals surface area contributed by atoms with Gasteiger partial charge < -0.3 is 9.13 Å². The molecule has 0 amide bonds. The SMILES string of the molecule is N#Cc1cc(-c2nc(-c3ccc(-c4ccccc4)cc3)nc(-c3ccc4sc5ccccc5c4c3)n2)ccc1-n1c2ccccc2c2ccc3c(c4ccccc4n3-c3ccc4sc5ccccc5c4c3)c21. The summed E-state index contributed by atoms with van der Waals surface area (Å²) in [5, 5.41) is 20.7. The maximum atomic E-state index is 11.2. The fraction of sp³-hybridized carbons (Fsp3) is 0. The zero-order chi connectivity index (χ0) is 47.4. The lowest BCUT2D eigenvalue weighted by atomic mass is 10.0. The lowest BCUT2D eigenvalue weighted by Gasteiger charge is -2.13. The Morgan fingerprint density at radius 1 is 0.347 bits per heavy atom. The molecule has 0 saturated heterocycles. The monoisotopic (exact) mass is 952 g/mol. The number of nitrogens with zero attached hydrogens (tertiary/aromatic N) is 6. The third-order valence-electron chi connectivity index (χ3n) is 14.2. The van der Waals surface area contributed by atoms with Crippen molar-refractivity contribution in [1.29, 1.82) is 5.26 Å². The van der Waals surface area contributed by atoms with Crippen LogP contribution in [-0.2, 0) is 0 Å². The van der Waals surface area contributed by atoms with Gasteiger partial charge in [-0.25, -0.2) is 15.0 Å². The van der Waals surface area contributed by atoms with Gasteiger partial charge in [0.25, 0.3) is 0 Å². The van der Waals surface area contributed by atoms with Crippen LogP contribution in [0, 0.1) is 11.3 Å². The Hall–Kier alpha value is -9.26. The van der Waals surface area contributed by atoms with Gasteiger partial charge in [0.15, 0.2) is 17.5 Å². The Kier molecular flexibility index (Phi) is 8.96. The van der Waals surface area contributed by atoms with Crippen molar-refractivity contribution in [3.8, 4) is 62.7 Å². The van der Waals surface area contributed by atoms with Crippen molar-refractivity contribution >= 4 is 107 Å². The molecule has 10 aromatic carbocycles. The van der Waals surface area contributed by atoms with Crippen molar-refractivity contribution in [2.45, 2.75) is 0 Å². The van der Waals surface area contributed by atoms with Crippen molar-refractivity contribution in [1.82, 2.24) is 24.1 Å². The third kappa shape index (κ3) is 6.22. The summed E-state index contributed by atoms with van der Waals surface area (Å²) in [5.41, 5.74) is 11.4. The van der Waals surface area contributed by atoms with Gasteiger partial charge in [-0.2, -0.15) is 5.26 Å². The number of hydrogen-bond acceptors (Lipinski definition) is 6. The van der Waals surface area contributed by atoms with Crippen LogP contribution in [-0.4, -0.2) is 24.1 Å². The third-order valence-corrected chi connectivity index (χ3v) is 16.5. The van der Waals surface area contributed by atoms with Crippen LogP contribution >= 0.6 is 22.7 Å². The first-order valence-corrected chi connectivity index (χ1v) is 25.5. The van der Waals surface area contributed by atoms with E-state index in [1.807, 2.05) is 23.5 Å². The molecular weight excluding hydrogens is 917 g/mol. The predicted octanol–water partition coefficient (Wildman–Crippen LogP) is 17.3. The van der Waals surface area contributed by atoms with Crippen LogP contribution in [0.5, 0.6) is 0 Å². The van der Waals surface area contributed by atoms with E-state index in [4.69, 9.17) is 15.0 Å². The van der Waals surface area contributed by atoms with Crippen molar-refractivity contribution < 1.29 is 0 Å². The number of para-hydroxylation sites is 2. The molecule has 0 bridgehead atoms. The van der Waals surface area contributed by atoms with E-state index in [9.17, 15) is 5.26 Å². The quantitative estimate of drug-likeness (QED) is 0.166. The van der Waals surface area contributed by atoms with Crippen molar-refractivity contribution in [3.63, 3.8) is 0 Å². The van der Waals surface area contributed by atoms with Crippen molar-refractivity contribution in [2.75, 3.05) is 0 Å². The fourth-order valence-electron chi connectivity index (χ4n) is 10.9. The maximum Gasteiger partial charge on any atom is 0.164 e. The summed E-state index contributed by atoms with van der Waals surface area (Å²) in [5.74, 6) is 1.61. The van der Waals surface area contributed by atoms with Gasteiger partial charge in [0.05, 0.1) is 33.3 Å². The summed E-state index contributed by atoms with van der Waals surface area (Å²) in [4.78, 5) is 15.5. The van der Waals surface area contributed by atoms with Crippen LogP contribution in [0.2, 0.25) is 0 Å². The standard InChI is InChI=1S/C64H36N6S2/c65-37-43-34-41(63-66-62(40-24-22-39(23-25-40)38-12-2-1-3-13-38)67-64(68-63)42-27-32-58-50(35-42)46-15-6-10-20-56(46)71-58)26-30-52(43)70-53-18-8-4-14-45(53)48-29-31-55-60(61(48)70)49-17-5-9-19-54(49)69(55)44-28-33-59-51(36-44)47-16-7-11-21-57(47)72-59/h1-36H. The second-order valence-corrected chi connectivity index (χ2v) is 20.4. The Bertz CT molecular complexity index is 4760. The van der Waals surface area contributed by atoms with Gasteiger partial charge >= 0.3 is 0 Å². The highest BCUT2D eigenvalue weighted by molar-refractivity contribution is 7.26. The van der Waals surface area contributed by atoms with Crippen LogP contribution in [0.1, 0.15) is 5.56 Å². The van der Waals surface area contributed by atoms with Gasteiger partial charge in [-0.3, -0.25) is 0 Å². The molecule has 0 unspecified atom stereocenters. The summed E-state index contributed by atoms with van der Waals surface area (Å²) >= 11 is 3.62. The minimum absolute atomic E-state index is 0.489. The Balaban J connectivity index is 0.926. The number of rotatable bonds is 6. The molecular formula is C64H36N6S2. The van der Waals surface area contributed by atoms with Crippen molar-refractivity contribution in [2.24, 2.45) is 0 Å². The normalized spacial score (nSPS) is 11.9. The Morgan fingerprint density at radius 2 is 0.861 bits per heavy atom. The molecule has 72 heavy (non-hydrogen) atoms. The van der Waals surface area contributed by atoms with Gasteiger partial charge in [0.1, 0.15) is 6.07 Å². The van der Waals surface area contributed by atoms with Crippen LogP contribution in [0.4, 0.5) is 0 Å². The van der Waals surface area contributed by atoms with Crippen LogP contribution in [0.3, 0.4) is 0 Å². The highest BCUT2D eigenvalue weighted by atomic mass is 32.1. The number of benzene rings is 10. The van der Waals surface area contributed by atoms with Gasteiger partial charge in [-0.1, -0.05) is 133 Å². The van der Waals surface area contributed by atoms with Gasteiger partial charge in [0.2, 0.25) is 0 Å². The lowest BCUT2D eigenvalue weighted by molar-refractivity contribution is 1.07. The average Bonchev–Trinajstić information content (AvgIpc) is 4.20. The first-order valence-electron chi connectivity index (χ1n) is 23.9. The molecule has 0 aliphatic heterocycles. The van der Waals surface area contributed by atoms with Crippen LogP contribution in [0.15, 0.2) is 218 Å². The molecule has 0 radical (unpaired) electrons. The molecule has 15 aromatic rings. The number of aromatic nitrogens is 5. The minimum Gasteiger partial charge on any atom is -0.309 e. The smallest absolute Gasteiger partial charge is 0.164 e. The average molecular weight is 953 g/mol. The minimum atomic E-state index is 0.489. The summed E-state index contributed by atoms with van der Waals surface area (Å²) in [6, 6.07) is 79.6. The summed E-state index contributed by atoms with van der Waals surface area (Å²) < 4.78 is 9.69. The topological polar surface area (TPSA) is 72.3 Å². The molecule has 8 heteroatoms. The molecule has 0 atom stereocenters. The molecule has 15 rings (SSSR count). The van der Waals surface area contributed by atoms with Crippen molar-refractivity contribution in [3.05, 3.63) is 224 Å². The highest BCUT2D eigenvalue weighted by Crippen LogP contribution is 2.44. The van der Waals surface area contributed by atoms with Crippen LogP contribution in [0.25, 0.3) is 141 Å². The molecule has 0 aliphatic carbocycles. The molecule has 334 valence electrons. The second kappa shape index (κ2) is 15.9. The number of fused-ring (bicyclic) bond motifs is 13. The van der Waals surface area contributed by atoms with Crippen LogP contribution < -0.4 is 0 Å². The second-order valence-electron chi connectivity index (χ2n) is 18.2. The zero-order valence-electron chi connectivity index (χ0n) is 38.3. The van der Waals surface area contributed by atoms with E-state index < -0.39 is 0 Å². The van der Waals surface area contributed by atoms with E-state index >= 15 is 0 Å². The first-order chi connectivity index (χ1) is 35.6. The van der Waals surface area contributed by atoms with E-state index in [0.29, 0.717) is 23.0 Å². The maximum absolute atomic E-state index is 11.2. The number of thiophene rings is 2. The molecule has 0 N–H and O–H groups in total. The Labute approximate surface area is 420 Å². The van der Waals surface area contributed by atoms with E-state index in [0.717, 1.165) is 82.8 Å². The number of hydrogen-bond donors (Lipinski definition) is 0. The summed E-state index contributed by atoms with van der Waals surface area (Å²) in [6.45, 7) is 0. The summed E-state index contributed by atoms with van der Waals surface area (Å²) in [7, 11) is 0. The highest BCUT2D eigenvalue weighted by Gasteiger charge is 2.23. The molecule has 0 spiro atoms. The molecule has 0 fully saturated rings. The van der Waals surface area contributed by atoms with Gasteiger partial charge in [-0.15, -0.1) is 22.7 Å². The van der Waals surface area contributed by atoms with E-state index in [-0.39, 0.29) is 0 Å². The molecule has 0 aliphatic rings. The van der Waals surface area contributed by atoms with E-state index in [2.05, 4.69) is 221 Å². The Morgan fingerprint density at radius 3 is 1.57 bits per heavy atom. The largest absolute Gasteiger partial charge is 0.309 e. The molecule has 5 heterocycles. The zero-order valence-corrected chi connectivity index (χ0v) is 39.9. The van der Waals surface area contributed by atoms with E-state index in [1.54, 1.807) is 11.3 Å². The predicted molar refractivity (Wildman–Crippen MR) is 301 cm³/mol. The van der Waals surface area contributed by atoms with Gasteiger partial charge in [0, 0.05) is 84.3 Å². The number of nitriles is 1. The fourth-order valence-corrected chi connectivity index (χ4v) is 13.1. The lowest BCUT2D eigenvalue weighted by Crippen LogP contribution is -2.02. The molecule has 6 nitrogen and oxygen atoms in total. The van der Waals surface area contributed by atoms with Gasteiger partial charge in [-0.05, 0) is 96.1 Å². The molecule has 0 saturated carbocycles. The summed E-state index contributed by atoms with van der Waals surface area (Å²) in [6.07, 6.45) is 0. The first kappa shape index (κ1) is 40.6. The molecule has 5 aromatic heterocycles. The van der Waals surface area contributed by atoms with E-state index in [1.165, 1.54) is 40.3 Å².